The molecule has 0 spiro atoms. The third-order valence-electron chi connectivity index (χ3n) is 4.87. The van der Waals surface area contributed by atoms with Crippen molar-refractivity contribution in [3.8, 4) is 11.1 Å². The van der Waals surface area contributed by atoms with Crippen molar-refractivity contribution in [3.63, 3.8) is 0 Å². The number of likely N-dealkylation sites (tertiary alicyclic amines) is 1. The lowest BCUT2D eigenvalue weighted by molar-refractivity contribution is -0.137. The summed E-state index contributed by atoms with van der Waals surface area (Å²) in [7, 11) is 0. The minimum absolute atomic E-state index is 0.0183. The lowest BCUT2D eigenvalue weighted by Crippen LogP contribution is -2.43. The topological polar surface area (TPSA) is 57.6 Å². The van der Waals surface area contributed by atoms with Gasteiger partial charge < -0.3 is 10.0 Å². The Balaban J connectivity index is 1.75. The maximum absolute atomic E-state index is 13.4. The molecule has 1 N–H and O–H groups in total. The zero-order valence-corrected chi connectivity index (χ0v) is 14.5. The van der Waals surface area contributed by atoms with Crippen LogP contribution in [0.25, 0.3) is 11.1 Å². The number of halogens is 1. The summed E-state index contributed by atoms with van der Waals surface area (Å²) in [4.78, 5) is 25.5. The fourth-order valence-electron chi connectivity index (χ4n) is 3.50. The zero-order valence-electron chi connectivity index (χ0n) is 14.5. The van der Waals surface area contributed by atoms with Crippen molar-refractivity contribution >= 4 is 11.9 Å². The largest absolute Gasteiger partial charge is 0.481 e. The molecule has 5 heteroatoms. The highest BCUT2D eigenvalue weighted by Gasteiger charge is 2.27. The first-order valence-corrected chi connectivity index (χ1v) is 8.93. The molecule has 2 aromatic rings. The molecule has 0 unspecified atom stereocenters. The van der Waals surface area contributed by atoms with Crippen molar-refractivity contribution in [2.24, 2.45) is 0 Å². The van der Waals surface area contributed by atoms with E-state index in [0.29, 0.717) is 18.5 Å². The Morgan fingerprint density at radius 1 is 1.08 bits per heavy atom. The third-order valence-corrected chi connectivity index (χ3v) is 4.87. The molecule has 2 aromatic carbocycles. The summed E-state index contributed by atoms with van der Waals surface area (Å²) >= 11 is 0. The highest BCUT2D eigenvalue weighted by molar-refractivity contribution is 5.95. The lowest BCUT2D eigenvalue weighted by atomic mass is 9.96. The second kappa shape index (κ2) is 8.13. The Morgan fingerprint density at radius 2 is 1.85 bits per heavy atom. The van der Waals surface area contributed by atoms with Crippen molar-refractivity contribution in [2.75, 3.05) is 6.54 Å². The number of carbonyl (C=O) groups is 2. The standard InChI is InChI=1S/C21H22FNO3/c22-18-5-3-4-17(14-18)15-7-9-16(10-8-15)21(26)23-13-2-1-6-19(23)11-12-20(24)25/h3-5,7-10,14,19H,1-2,6,11-13H2,(H,24,25)/t19-/m0/s1. The third kappa shape index (κ3) is 4.28. The summed E-state index contributed by atoms with van der Waals surface area (Å²) in [6, 6.07) is 13.5. The first kappa shape index (κ1) is 18.1. The van der Waals surface area contributed by atoms with Gasteiger partial charge in [0, 0.05) is 24.6 Å². The molecule has 3 rings (SSSR count). The van der Waals surface area contributed by atoms with Gasteiger partial charge in [0.05, 0.1) is 0 Å². The summed E-state index contributed by atoms with van der Waals surface area (Å²) in [6.45, 7) is 0.661. The quantitative estimate of drug-likeness (QED) is 0.867. The molecule has 136 valence electrons. The van der Waals surface area contributed by atoms with Crippen LogP contribution in [-0.2, 0) is 4.79 Å². The van der Waals surface area contributed by atoms with Crippen LogP contribution in [0.3, 0.4) is 0 Å². The number of hydrogen-bond acceptors (Lipinski definition) is 2. The predicted molar refractivity (Wildman–Crippen MR) is 97.4 cm³/mol. The summed E-state index contributed by atoms with van der Waals surface area (Å²) in [5, 5.41) is 8.91. The molecule has 1 saturated heterocycles. The molecular formula is C21H22FNO3. The minimum atomic E-state index is -0.831. The highest BCUT2D eigenvalue weighted by atomic mass is 19.1. The molecule has 1 fully saturated rings. The molecule has 1 atom stereocenters. The number of carboxylic acid groups (broad SMARTS) is 1. The molecule has 1 amide bonds. The second-order valence-electron chi connectivity index (χ2n) is 6.67. The van der Waals surface area contributed by atoms with Gasteiger partial charge in [0.25, 0.3) is 5.91 Å². The van der Waals surface area contributed by atoms with E-state index in [1.165, 1.54) is 12.1 Å². The van der Waals surface area contributed by atoms with Crippen LogP contribution in [0.5, 0.6) is 0 Å². The first-order valence-electron chi connectivity index (χ1n) is 8.93. The number of nitrogens with zero attached hydrogens (tertiary/aromatic N) is 1. The summed E-state index contributed by atoms with van der Waals surface area (Å²) in [6.07, 6.45) is 3.37. The maximum Gasteiger partial charge on any atom is 0.303 e. The van der Waals surface area contributed by atoms with Crippen LogP contribution in [0.2, 0.25) is 0 Å². The Kier molecular flexibility index (Phi) is 5.66. The average Bonchev–Trinajstić information content (AvgIpc) is 2.66. The van der Waals surface area contributed by atoms with Crippen molar-refractivity contribution in [2.45, 2.75) is 38.1 Å². The van der Waals surface area contributed by atoms with Crippen LogP contribution in [0.15, 0.2) is 48.5 Å². The normalized spacial score (nSPS) is 17.1. The van der Waals surface area contributed by atoms with E-state index in [-0.39, 0.29) is 24.2 Å². The molecule has 0 bridgehead atoms. The number of piperidine rings is 1. The van der Waals surface area contributed by atoms with E-state index in [0.717, 1.165) is 30.4 Å². The van der Waals surface area contributed by atoms with E-state index in [1.807, 2.05) is 23.1 Å². The second-order valence-corrected chi connectivity index (χ2v) is 6.67. The predicted octanol–water partition coefficient (Wildman–Crippen LogP) is 4.35. The SMILES string of the molecule is O=C(O)CC[C@@H]1CCCCN1C(=O)c1ccc(-c2cccc(F)c2)cc1. The number of carbonyl (C=O) groups excluding carboxylic acids is 1. The Hall–Kier alpha value is -2.69. The van der Waals surface area contributed by atoms with Crippen molar-refractivity contribution in [3.05, 3.63) is 59.9 Å². The van der Waals surface area contributed by atoms with Gasteiger partial charge in [-0.15, -0.1) is 0 Å². The number of amides is 1. The molecule has 0 aromatic heterocycles. The summed E-state index contributed by atoms with van der Waals surface area (Å²) in [5.41, 5.74) is 2.19. The van der Waals surface area contributed by atoms with Crippen molar-refractivity contribution in [1.82, 2.24) is 4.90 Å². The van der Waals surface area contributed by atoms with E-state index in [1.54, 1.807) is 18.2 Å². The maximum atomic E-state index is 13.4. The Bertz CT molecular complexity index is 788. The number of hydrogen-bond donors (Lipinski definition) is 1. The average molecular weight is 355 g/mol. The molecule has 26 heavy (non-hydrogen) atoms. The smallest absolute Gasteiger partial charge is 0.303 e. The monoisotopic (exact) mass is 355 g/mol. The van der Waals surface area contributed by atoms with Crippen LogP contribution in [0.1, 0.15) is 42.5 Å². The molecular weight excluding hydrogens is 333 g/mol. The molecule has 1 heterocycles. The molecule has 0 saturated carbocycles. The minimum Gasteiger partial charge on any atom is -0.481 e. The summed E-state index contributed by atoms with van der Waals surface area (Å²) in [5.74, 6) is -1.19. The van der Waals surface area contributed by atoms with Gasteiger partial charge >= 0.3 is 5.97 Å². The number of aliphatic carboxylic acids is 1. The van der Waals surface area contributed by atoms with Gasteiger partial charge in [-0.1, -0.05) is 24.3 Å². The number of carboxylic acids is 1. The van der Waals surface area contributed by atoms with Gasteiger partial charge in [-0.25, -0.2) is 4.39 Å². The van der Waals surface area contributed by atoms with Crippen LogP contribution in [-0.4, -0.2) is 34.5 Å². The fraction of sp³-hybridized carbons (Fsp3) is 0.333. The van der Waals surface area contributed by atoms with E-state index in [9.17, 15) is 14.0 Å². The molecule has 0 radical (unpaired) electrons. The van der Waals surface area contributed by atoms with Crippen molar-refractivity contribution < 1.29 is 19.1 Å². The molecule has 4 nitrogen and oxygen atoms in total. The zero-order chi connectivity index (χ0) is 18.5. The van der Waals surface area contributed by atoms with E-state index >= 15 is 0 Å². The van der Waals surface area contributed by atoms with Crippen LogP contribution >= 0.6 is 0 Å². The first-order chi connectivity index (χ1) is 12.5. The lowest BCUT2D eigenvalue weighted by Gasteiger charge is -2.35. The van der Waals surface area contributed by atoms with Gasteiger partial charge in [0.1, 0.15) is 5.82 Å². The van der Waals surface area contributed by atoms with Gasteiger partial charge in [-0.3, -0.25) is 9.59 Å². The molecule has 0 aliphatic carbocycles. The van der Waals surface area contributed by atoms with Gasteiger partial charge in [-0.05, 0) is 61.1 Å². The van der Waals surface area contributed by atoms with Crippen LogP contribution in [0, 0.1) is 5.82 Å². The molecule has 1 aliphatic heterocycles. The van der Waals surface area contributed by atoms with Gasteiger partial charge in [0.15, 0.2) is 0 Å². The van der Waals surface area contributed by atoms with E-state index in [4.69, 9.17) is 5.11 Å². The Labute approximate surface area is 152 Å². The van der Waals surface area contributed by atoms with Crippen LogP contribution < -0.4 is 0 Å². The number of benzene rings is 2. The van der Waals surface area contributed by atoms with Gasteiger partial charge in [-0.2, -0.15) is 0 Å². The van der Waals surface area contributed by atoms with E-state index < -0.39 is 5.97 Å². The van der Waals surface area contributed by atoms with Crippen molar-refractivity contribution in [1.29, 1.82) is 0 Å². The summed E-state index contributed by atoms with van der Waals surface area (Å²) < 4.78 is 13.4. The number of rotatable bonds is 5. The highest BCUT2D eigenvalue weighted by Crippen LogP contribution is 2.25. The van der Waals surface area contributed by atoms with E-state index in [2.05, 4.69) is 0 Å². The fourth-order valence-corrected chi connectivity index (χ4v) is 3.50. The van der Waals surface area contributed by atoms with Crippen LogP contribution in [0.4, 0.5) is 4.39 Å². The van der Waals surface area contributed by atoms with Gasteiger partial charge in [0.2, 0.25) is 0 Å². The Morgan fingerprint density at radius 3 is 2.54 bits per heavy atom. The molecule has 1 aliphatic rings.